The van der Waals surface area contributed by atoms with Crippen molar-refractivity contribution in [1.82, 2.24) is 10.2 Å². The van der Waals surface area contributed by atoms with E-state index in [0.29, 0.717) is 13.1 Å². The first-order chi connectivity index (χ1) is 12.6. The van der Waals surface area contributed by atoms with Gasteiger partial charge in [0.2, 0.25) is 0 Å². The summed E-state index contributed by atoms with van der Waals surface area (Å²) >= 11 is 1.70. The molecule has 4 rings (SSSR count). The van der Waals surface area contributed by atoms with Gasteiger partial charge in [-0.25, -0.2) is 9.18 Å². The van der Waals surface area contributed by atoms with Crippen molar-refractivity contribution in [2.45, 2.75) is 24.8 Å². The van der Waals surface area contributed by atoms with Gasteiger partial charge in [0.25, 0.3) is 0 Å². The Morgan fingerprint density at radius 3 is 2.65 bits per heavy atom. The van der Waals surface area contributed by atoms with Crippen LogP contribution in [0.4, 0.5) is 9.18 Å². The number of halogens is 1. The predicted molar refractivity (Wildman–Crippen MR) is 104 cm³/mol. The Bertz CT molecular complexity index is 931. The lowest BCUT2D eigenvalue weighted by Crippen LogP contribution is -2.40. The number of carbonyl (C=O) groups is 1. The molecule has 3 aromatic rings. The maximum absolute atomic E-state index is 13.1. The average molecular weight is 368 g/mol. The number of nitrogens with zero attached hydrogens (tertiary/aromatic N) is 1. The van der Waals surface area contributed by atoms with Crippen LogP contribution < -0.4 is 5.32 Å². The van der Waals surface area contributed by atoms with E-state index in [2.05, 4.69) is 22.8 Å². The average Bonchev–Trinajstić information content (AvgIpc) is 3.35. The maximum Gasteiger partial charge on any atom is 0.317 e. The van der Waals surface area contributed by atoms with Crippen LogP contribution in [-0.4, -0.2) is 24.5 Å². The Morgan fingerprint density at radius 2 is 1.92 bits per heavy atom. The van der Waals surface area contributed by atoms with Gasteiger partial charge in [0, 0.05) is 30.3 Å². The molecule has 2 aromatic carbocycles. The van der Waals surface area contributed by atoms with Crippen molar-refractivity contribution in [3.63, 3.8) is 0 Å². The molecule has 0 spiro atoms. The van der Waals surface area contributed by atoms with Crippen LogP contribution in [0.2, 0.25) is 0 Å². The zero-order valence-corrected chi connectivity index (χ0v) is 15.5. The van der Waals surface area contributed by atoms with Gasteiger partial charge in [0.05, 0.1) is 0 Å². The quantitative estimate of drug-likeness (QED) is 0.682. The van der Waals surface area contributed by atoms with E-state index in [1.807, 2.05) is 31.3 Å². The second kappa shape index (κ2) is 6.72. The van der Waals surface area contributed by atoms with Crippen molar-refractivity contribution in [3.05, 3.63) is 70.9 Å². The fourth-order valence-electron chi connectivity index (χ4n) is 3.38. The highest BCUT2D eigenvalue weighted by molar-refractivity contribution is 7.17. The molecule has 26 heavy (non-hydrogen) atoms. The molecule has 134 valence electrons. The van der Waals surface area contributed by atoms with Crippen LogP contribution in [0.25, 0.3) is 10.1 Å². The highest BCUT2D eigenvalue weighted by Crippen LogP contribution is 2.47. The maximum atomic E-state index is 13.1. The molecule has 5 heteroatoms. The number of urea groups is 1. The predicted octanol–water partition coefficient (Wildman–Crippen LogP) is 4.91. The number of rotatable bonds is 5. The van der Waals surface area contributed by atoms with Crippen LogP contribution >= 0.6 is 11.3 Å². The molecule has 0 unspecified atom stereocenters. The Kier molecular flexibility index (Phi) is 4.41. The number of thiophene rings is 1. The molecule has 0 radical (unpaired) electrons. The van der Waals surface area contributed by atoms with E-state index >= 15 is 0 Å². The summed E-state index contributed by atoms with van der Waals surface area (Å²) in [7, 11) is 1.82. The van der Waals surface area contributed by atoms with Crippen LogP contribution in [0.3, 0.4) is 0 Å². The fourth-order valence-corrected chi connectivity index (χ4v) is 4.34. The molecular weight excluding hydrogens is 347 g/mol. The second-order valence-electron chi connectivity index (χ2n) is 7.06. The molecular formula is C21H21FN2OS. The number of hydrogen-bond acceptors (Lipinski definition) is 2. The van der Waals surface area contributed by atoms with Crippen LogP contribution in [-0.2, 0) is 12.0 Å². The van der Waals surface area contributed by atoms with Gasteiger partial charge >= 0.3 is 6.03 Å². The summed E-state index contributed by atoms with van der Waals surface area (Å²) in [5, 5.41) is 6.39. The number of hydrogen-bond donors (Lipinski definition) is 1. The molecule has 0 bridgehead atoms. The van der Waals surface area contributed by atoms with Gasteiger partial charge < -0.3 is 10.2 Å². The Hall–Kier alpha value is -2.40. The minimum absolute atomic E-state index is 0.0285. The van der Waals surface area contributed by atoms with E-state index < -0.39 is 0 Å². The molecule has 0 aliphatic heterocycles. The highest BCUT2D eigenvalue weighted by atomic mass is 32.1. The molecule has 1 heterocycles. The molecule has 1 fully saturated rings. The molecule has 1 aromatic heterocycles. The van der Waals surface area contributed by atoms with Crippen molar-refractivity contribution in [3.8, 4) is 0 Å². The number of amides is 2. The molecule has 1 aliphatic carbocycles. The van der Waals surface area contributed by atoms with E-state index in [9.17, 15) is 9.18 Å². The summed E-state index contributed by atoms with van der Waals surface area (Å²) in [5.41, 5.74) is 2.24. The second-order valence-corrected chi connectivity index (χ2v) is 7.97. The van der Waals surface area contributed by atoms with E-state index in [0.717, 1.165) is 18.4 Å². The van der Waals surface area contributed by atoms with Crippen LogP contribution in [0.1, 0.15) is 24.0 Å². The van der Waals surface area contributed by atoms with Crippen LogP contribution in [0.15, 0.2) is 53.9 Å². The number of nitrogens with one attached hydrogen (secondary N) is 1. The van der Waals surface area contributed by atoms with Crippen molar-refractivity contribution >= 4 is 27.5 Å². The largest absolute Gasteiger partial charge is 0.337 e. The van der Waals surface area contributed by atoms with Crippen molar-refractivity contribution in [2.24, 2.45) is 0 Å². The van der Waals surface area contributed by atoms with Gasteiger partial charge in [0.1, 0.15) is 5.82 Å². The van der Waals surface area contributed by atoms with E-state index in [4.69, 9.17) is 0 Å². The number of carbonyl (C=O) groups excluding carboxylic acids is 1. The van der Waals surface area contributed by atoms with E-state index in [-0.39, 0.29) is 17.3 Å². The molecule has 0 atom stereocenters. The molecule has 1 aliphatic rings. The molecule has 1 N–H and O–H groups in total. The van der Waals surface area contributed by atoms with Gasteiger partial charge in [-0.05, 0) is 52.9 Å². The summed E-state index contributed by atoms with van der Waals surface area (Å²) in [6, 6.07) is 14.8. The molecule has 1 saturated carbocycles. The summed E-state index contributed by atoms with van der Waals surface area (Å²) < 4.78 is 14.4. The van der Waals surface area contributed by atoms with Crippen molar-refractivity contribution < 1.29 is 9.18 Å². The summed E-state index contributed by atoms with van der Waals surface area (Å²) in [5.74, 6) is -0.226. The Labute approximate surface area is 156 Å². The molecule has 3 nitrogen and oxygen atoms in total. The first kappa shape index (κ1) is 17.0. The number of benzene rings is 2. The third-order valence-corrected chi connectivity index (χ3v) is 6.22. The number of fused-ring (bicyclic) bond motifs is 1. The minimum Gasteiger partial charge on any atom is -0.337 e. The lowest BCUT2D eigenvalue weighted by Gasteiger charge is -2.21. The minimum atomic E-state index is -0.226. The van der Waals surface area contributed by atoms with Crippen LogP contribution in [0, 0.1) is 5.82 Å². The summed E-state index contributed by atoms with van der Waals surface area (Å²) in [6.07, 6.45) is 2.05. The van der Waals surface area contributed by atoms with Gasteiger partial charge in [-0.2, -0.15) is 0 Å². The van der Waals surface area contributed by atoms with Gasteiger partial charge in [-0.3, -0.25) is 0 Å². The summed E-state index contributed by atoms with van der Waals surface area (Å²) in [6.45, 7) is 1.17. The smallest absolute Gasteiger partial charge is 0.317 e. The lowest BCUT2D eigenvalue weighted by molar-refractivity contribution is 0.206. The SMILES string of the molecule is CN(Cc1csc2ccccc12)C(=O)NCC1(c2ccc(F)cc2)CC1. The van der Waals surface area contributed by atoms with Gasteiger partial charge in [-0.1, -0.05) is 30.3 Å². The third kappa shape index (κ3) is 3.31. The lowest BCUT2D eigenvalue weighted by atomic mass is 9.96. The highest BCUT2D eigenvalue weighted by Gasteiger charge is 2.44. The Balaban J connectivity index is 1.38. The molecule has 2 amide bonds. The standard InChI is InChI=1S/C21H21FN2OS/c1-24(12-15-13-26-19-5-3-2-4-18(15)19)20(25)23-14-21(10-11-21)16-6-8-17(22)9-7-16/h2-9,13H,10-12,14H2,1H3,(H,23,25). The van der Waals surface area contributed by atoms with Crippen molar-refractivity contribution in [2.75, 3.05) is 13.6 Å². The summed E-state index contributed by atoms with van der Waals surface area (Å²) in [4.78, 5) is 14.2. The molecule has 0 saturated heterocycles. The topological polar surface area (TPSA) is 32.3 Å². The van der Waals surface area contributed by atoms with E-state index in [1.54, 1.807) is 16.2 Å². The van der Waals surface area contributed by atoms with E-state index in [1.165, 1.54) is 27.8 Å². The zero-order valence-electron chi connectivity index (χ0n) is 14.7. The zero-order chi connectivity index (χ0) is 18.1. The fraction of sp³-hybridized carbons (Fsp3) is 0.286. The normalized spacial score (nSPS) is 15.0. The first-order valence-corrected chi connectivity index (χ1v) is 9.65. The Morgan fingerprint density at radius 1 is 1.19 bits per heavy atom. The first-order valence-electron chi connectivity index (χ1n) is 8.78. The monoisotopic (exact) mass is 368 g/mol. The van der Waals surface area contributed by atoms with Gasteiger partial charge in [-0.15, -0.1) is 11.3 Å². The third-order valence-electron chi connectivity index (χ3n) is 5.20. The van der Waals surface area contributed by atoms with Gasteiger partial charge in [0.15, 0.2) is 0 Å². The van der Waals surface area contributed by atoms with Crippen molar-refractivity contribution in [1.29, 1.82) is 0 Å². The van der Waals surface area contributed by atoms with Crippen LogP contribution in [0.5, 0.6) is 0 Å².